The number of amides is 1. The van der Waals surface area contributed by atoms with E-state index < -0.39 is 22.3 Å². The number of carbonyl (C=O) groups is 1. The normalized spacial score (nSPS) is 11.7. The first-order chi connectivity index (χ1) is 10.4. The number of nitro benzene ring substituents is 1. The van der Waals surface area contributed by atoms with E-state index in [2.05, 4.69) is 5.32 Å². The number of carbonyl (C=O) groups excluding carboxylic acids is 1. The first kappa shape index (κ1) is 15.8. The summed E-state index contributed by atoms with van der Waals surface area (Å²) in [4.78, 5) is 22.0. The van der Waals surface area contributed by atoms with Gasteiger partial charge >= 0.3 is 5.69 Å². The molecule has 1 atom stereocenters. The number of benzene rings is 2. The van der Waals surface area contributed by atoms with Crippen LogP contribution in [0.5, 0.6) is 5.75 Å². The van der Waals surface area contributed by atoms with Crippen LogP contribution in [0.3, 0.4) is 0 Å². The van der Waals surface area contributed by atoms with E-state index in [9.17, 15) is 20.0 Å². The van der Waals surface area contributed by atoms with Crippen LogP contribution < -0.4 is 5.32 Å². The molecule has 1 unspecified atom stereocenters. The molecule has 0 aliphatic carbocycles. The third-order valence-corrected chi connectivity index (χ3v) is 3.37. The van der Waals surface area contributed by atoms with Crippen LogP contribution in [0.15, 0.2) is 42.5 Å². The molecule has 2 aromatic rings. The monoisotopic (exact) mass is 320 g/mol. The predicted molar refractivity (Wildman–Crippen MR) is 82.1 cm³/mol. The lowest BCUT2D eigenvalue weighted by molar-refractivity contribution is -0.385. The van der Waals surface area contributed by atoms with Crippen LogP contribution in [0.1, 0.15) is 28.9 Å². The molecule has 7 heteroatoms. The van der Waals surface area contributed by atoms with Crippen molar-refractivity contribution in [2.45, 2.75) is 13.0 Å². The number of aromatic hydroxyl groups is 1. The molecule has 114 valence electrons. The summed E-state index contributed by atoms with van der Waals surface area (Å²) in [7, 11) is 0. The minimum absolute atomic E-state index is 0.136. The smallest absolute Gasteiger partial charge is 0.310 e. The Morgan fingerprint density at radius 3 is 2.64 bits per heavy atom. The lowest BCUT2D eigenvalue weighted by atomic mass is 10.1. The van der Waals surface area contributed by atoms with Crippen LogP contribution in [-0.2, 0) is 0 Å². The molecule has 0 saturated carbocycles. The third kappa shape index (κ3) is 3.53. The van der Waals surface area contributed by atoms with Crippen molar-refractivity contribution in [1.29, 1.82) is 0 Å². The molecule has 0 saturated heterocycles. The number of hydrogen-bond donors (Lipinski definition) is 2. The van der Waals surface area contributed by atoms with Gasteiger partial charge in [-0.1, -0.05) is 23.7 Å². The Labute approximate surface area is 131 Å². The fourth-order valence-electron chi connectivity index (χ4n) is 1.96. The average molecular weight is 321 g/mol. The van der Waals surface area contributed by atoms with Gasteiger partial charge in [0.25, 0.3) is 5.91 Å². The van der Waals surface area contributed by atoms with E-state index in [-0.39, 0.29) is 11.6 Å². The Morgan fingerprint density at radius 1 is 1.32 bits per heavy atom. The van der Waals surface area contributed by atoms with Gasteiger partial charge in [-0.25, -0.2) is 0 Å². The number of hydrogen-bond acceptors (Lipinski definition) is 4. The minimum Gasteiger partial charge on any atom is -0.502 e. The predicted octanol–water partition coefficient (Wildman–Crippen LogP) is 3.44. The Morgan fingerprint density at radius 2 is 2.05 bits per heavy atom. The van der Waals surface area contributed by atoms with E-state index in [1.165, 1.54) is 6.07 Å². The molecule has 2 aromatic carbocycles. The van der Waals surface area contributed by atoms with Crippen LogP contribution >= 0.6 is 11.6 Å². The van der Waals surface area contributed by atoms with Crippen molar-refractivity contribution in [3.63, 3.8) is 0 Å². The molecule has 0 aliphatic rings. The number of phenolic OH excluding ortho intramolecular Hbond substituents is 1. The van der Waals surface area contributed by atoms with Gasteiger partial charge in [0.05, 0.1) is 11.0 Å². The van der Waals surface area contributed by atoms with Gasteiger partial charge in [-0.3, -0.25) is 14.9 Å². The molecule has 0 spiro atoms. The summed E-state index contributed by atoms with van der Waals surface area (Å²) in [5, 5.41) is 23.5. The molecule has 0 fully saturated rings. The van der Waals surface area contributed by atoms with Gasteiger partial charge < -0.3 is 10.4 Å². The standard InChI is InChI=1S/C15H13ClN2O4/c1-9(10-3-2-4-12(16)7-10)17-15(20)11-5-6-13(18(21)22)14(19)8-11/h2-9,19H,1H3,(H,17,20). The van der Waals surface area contributed by atoms with Crippen molar-refractivity contribution >= 4 is 23.2 Å². The summed E-state index contributed by atoms with van der Waals surface area (Å²) in [6.45, 7) is 1.79. The zero-order chi connectivity index (χ0) is 16.3. The number of phenols is 1. The maximum atomic E-state index is 12.1. The lowest BCUT2D eigenvalue weighted by Gasteiger charge is -2.14. The minimum atomic E-state index is -0.717. The summed E-state index contributed by atoms with van der Waals surface area (Å²) in [6.07, 6.45) is 0. The summed E-state index contributed by atoms with van der Waals surface area (Å²) in [5.41, 5.74) is 0.517. The second kappa shape index (κ2) is 6.44. The van der Waals surface area contributed by atoms with Crippen LogP contribution in [0, 0.1) is 10.1 Å². The van der Waals surface area contributed by atoms with Gasteiger partial charge in [-0.15, -0.1) is 0 Å². The summed E-state index contributed by atoms with van der Waals surface area (Å²) in [6, 6.07) is 10.2. The zero-order valence-corrected chi connectivity index (χ0v) is 12.4. The number of halogens is 1. The summed E-state index contributed by atoms with van der Waals surface area (Å²) >= 11 is 5.90. The van der Waals surface area contributed by atoms with Crippen LogP contribution in [0.4, 0.5) is 5.69 Å². The molecule has 0 radical (unpaired) electrons. The van der Waals surface area contributed by atoms with Crippen LogP contribution in [0.25, 0.3) is 0 Å². The van der Waals surface area contributed by atoms with Crippen molar-refractivity contribution < 1.29 is 14.8 Å². The van der Waals surface area contributed by atoms with Crippen molar-refractivity contribution in [2.75, 3.05) is 0 Å². The molecule has 2 rings (SSSR count). The fourth-order valence-corrected chi connectivity index (χ4v) is 2.16. The van der Waals surface area contributed by atoms with E-state index in [1.807, 2.05) is 6.07 Å². The maximum absolute atomic E-state index is 12.1. The second-order valence-corrected chi connectivity index (χ2v) is 5.15. The molecular weight excluding hydrogens is 308 g/mol. The van der Waals surface area contributed by atoms with Crippen LogP contribution in [-0.4, -0.2) is 15.9 Å². The maximum Gasteiger partial charge on any atom is 0.310 e. The summed E-state index contributed by atoms with van der Waals surface area (Å²) in [5.74, 6) is -0.995. The van der Waals surface area contributed by atoms with E-state index in [0.717, 1.165) is 17.7 Å². The highest BCUT2D eigenvalue weighted by Gasteiger charge is 2.17. The van der Waals surface area contributed by atoms with E-state index >= 15 is 0 Å². The number of nitrogens with one attached hydrogen (secondary N) is 1. The highest BCUT2D eigenvalue weighted by Crippen LogP contribution is 2.26. The highest BCUT2D eigenvalue weighted by atomic mass is 35.5. The van der Waals surface area contributed by atoms with Gasteiger partial charge in [0, 0.05) is 16.7 Å². The van der Waals surface area contributed by atoms with Crippen LogP contribution in [0.2, 0.25) is 5.02 Å². The van der Waals surface area contributed by atoms with E-state index in [1.54, 1.807) is 25.1 Å². The number of nitrogens with zero attached hydrogens (tertiary/aromatic N) is 1. The van der Waals surface area contributed by atoms with Gasteiger partial charge in [0.2, 0.25) is 0 Å². The fraction of sp³-hybridized carbons (Fsp3) is 0.133. The molecule has 0 heterocycles. The highest BCUT2D eigenvalue weighted by molar-refractivity contribution is 6.30. The first-order valence-corrected chi connectivity index (χ1v) is 6.80. The van der Waals surface area contributed by atoms with Crippen molar-refractivity contribution in [3.05, 3.63) is 68.7 Å². The van der Waals surface area contributed by atoms with Gasteiger partial charge in [0.1, 0.15) is 0 Å². The van der Waals surface area contributed by atoms with Crippen molar-refractivity contribution in [3.8, 4) is 5.75 Å². The topological polar surface area (TPSA) is 92.5 Å². The molecule has 0 bridgehead atoms. The molecular formula is C15H13ClN2O4. The summed E-state index contributed by atoms with van der Waals surface area (Å²) < 4.78 is 0. The van der Waals surface area contributed by atoms with Gasteiger partial charge in [0.15, 0.2) is 5.75 Å². The lowest BCUT2D eigenvalue weighted by Crippen LogP contribution is -2.26. The largest absolute Gasteiger partial charge is 0.502 e. The zero-order valence-electron chi connectivity index (χ0n) is 11.6. The quantitative estimate of drug-likeness (QED) is 0.666. The Hall–Kier alpha value is -2.60. The van der Waals surface area contributed by atoms with E-state index in [0.29, 0.717) is 5.02 Å². The second-order valence-electron chi connectivity index (χ2n) is 4.71. The van der Waals surface area contributed by atoms with Crippen molar-refractivity contribution in [2.24, 2.45) is 0 Å². The number of rotatable bonds is 4. The molecule has 2 N–H and O–H groups in total. The Kier molecular flexibility index (Phi) is 4.62. The third-order valence-electron chi connectivity index (χ3n) is 3.13. The first-order valence-electron chi connectivity index (χ1n) is 6.42. The SMILES string of the molecule is CC(NC(=O)c1ccc([N+](=O)[O-])c(O)c1)c1cccc(Cl)c1. The van der Waals surface area contributed by atoms with Gasteiger partial charge in [-0.2, -0.15) is 0 Å². The average Bonchev–Trinajstić information content (AvgIpc) is 2.46. The van der Waals surface area contributed by atoms with Gasteiger partial charge in [-0.05, 0) is 36.8 Å². The molecule has 6 nitrogen and oxygen atoms in total. The Balaban J connectivity index is 2.15. The molecule has 0 aromatic heterocycles. The molecule has 0 aliphatic heterocycles. The number of nitro groups is 1. The molecule has 22 heavy (non-hydrogen) atoms. The van der Waals surface area contributed by atoms with Crippen molar-refractivity contribution in [1.82, 2.24) is 5.32 Å². The van der Waals surface area contributed by atoms with E-state index in [4.69, 9.17) is 11.6 Å². The Bertz CT molecular complexity index is 733. The molecule has 1 amide bonds.